The summed E-state index contributed by atoms with van der Waals surface area (Å²) in [5, 5.41) is 15.4. The van der Waals surface area contributed by atoms with E-state index in [1.165, 1.54) is 0 Å². The van der Waals surface area contributed by atoms with Crippen LogP contribution in [-0.4, -0.2) is 35.8 Å². The summed E-state index contributed by atoms with van der Waals surface area (Å²) in [6.45, 7) is 6.05. The average molecular weight is 209 g/mol. The molecule has 0 saturated carbocycles. The monoisotopic (exact) mass is 209 g/mol. The Balaban J connectivity index is 2.18. The summed E-state index contributed by atoms with van der Waals surface area (Å²) in [5.41, 5.74) is 1.15. The second-order valence-corrected chi connectivity index (χ2v) is 3.65. The molecule has 15 heavy (non-hydrogen) atoms. The van der Waals surface area contributed by atoms with Crippen LogP contribution < -0.4 is 10.6 Å². The Morgan fingerprint density at radius 2 is 2.27 bits per heavy atom. The van der Waals surface area contributed by atoms with Crippen molar-refractivity contribution < 1.29 is 5.11 Å². The molecule has 1 aromatic rings. The van der Waals surface area contributed by atoms with Crippen LogP contribution in [0, 0.1) is 6.92 Å². The quantitative estimate of drug-likeness (QED) is 0.606. The van der Waals surface area contributed by atoms with Crippen molar-refractivity contribution in [2.45, 2.75) is 20.0 Å². The Labute approximate surface area is 90.7 Å². The summed E-state index contributed by atoms with van der Waals surface area (Å²) >= 11 is 0. The number of nitrogens with zero attached hydrogens (tertiary/aromatic N) is 1. The van der Waals surface area contributed by atoms with E-state index in [-0.39, 0.29) is 6.10 Å². The van der Waals surface area contributed by atoms with E-state index < -0.39 is 0 Å². The van der Waals surface area contributed by atoms with Crippen LogP contribution in [0.25, 0.3) is 0 Å². The molecule has 0 aliphatic rings. The van der Waals surface area contributed by atoms with E-state index in [1.807, 2.05) is 19.1 Å². The van der Waals surface area contributed by atoms with Crippen molar-refractivity contribution in [1.82, 2.24) is 10.3 Å². The smallest absolute Gasteiger partial charge is 0.128 e. The third kappa shape index (κ3) is 4.76. The molecule has 0 aliphatic carbocycles. The van der Waals surface area contributed by atoms with E-state index >= 15 is 0 Å². The van der Waals surface area contributed by atoms with Crippen LogP contribution in [-0.2, 0) is 0 Å². The van der Waals surface area contributed by atoms with Gasteiger partial charge >= 0.3 is 0 Å². The Bertz CT molecular complexity index is 289. The molecule has 1 aromatic heterocycles. The lowest BCUT2D eigenvalue weighted by Gasteiger charge is -2.09. The van der Waals surface area contributed by atoms with Crippen molar-refractivity contribution in [2.24, 2.45) is 0 Å². The molecule has 0 spiro atoms. The molecule has 0 amide bonds. The van der Waals surface area contributed by atoms with E-state index in [0.29, 0.717) is 6.54 Å². The minimum atomic E-state index is -0.290. The molecule has 0 aromatic carbocycles. The van der Waals surface area contributed by atoms with Gasteiger partial charge in [0.2, 0.25) is 0 Å². The average Bonchev–Trinajstić information content (AvgIpc) is 2.20. The zero-order valence-electron chi connectivity index (χ0n) is 9.33. The minimum Gasteiger partial charge on any atom is -0.392 e. The molecule has 0 fully saturated rings. The standard InChI is InChI=1S/C11H19N3O/c1-9-4-3-5-13-11(9)14-7-6-12-8-10(2)15/h3-5,10,12,15H,6-8H2,1-2H3,(H,13,14). The fourth-order valence-electron chi connectivity index (χ4n) is 1.25. The van der Waals surface area contributed by atoms with Crippen LogP contribution in [0.15, 0.2) is 18.3 Å². The second kappa shape index (κ2) is 6.37. The summed E-state index contributed by atoms with van der Waals surface area (Å²) in [4.78, 5) is 4.22. The van der Waals surface area contributed by atoms with Crippen LogP contribution in [0.2, 0.25) is 0 Å². The molecule has 4 heteroatoms. The first kappa shape index (κ1) is 11.9. The molecule has 4 nitrogen and oxygen atoms in total. The van der Waals surface area contributed by atoms with E-state index in [2.05, 4.69) is 15.6 Å². The summed E-state index contributed by atoms with van der Waals surface area (Å²) in [5.74, 6) is 0.927. The van der Waals surface area contributed by atoms with Gasteiger partial charge in [-0.3, -0.25) is 0 Å². The van der Waals surface area contributed by atoms with E-state index in [9.17, 15) is 0 Å². The van der Waals surface area contributed by atoms with Gasteiger partial charge in [-0.15, -0.1) is 0 Å². The lowest BCUT2D eigenvalue weighted by molar-refractivity contribution is 0.192. The first-order valence-corrected chi connectivity index (χ1v) is 5.24. The Kier molecular flexibility index (Phi) is 5.07. The van der Waals surface area contributed by atoms with Crippen molar-refractivity contribution in [2.75, 3.05) is 25.0 Å². The fraction of sp³-hybridized carbons (Fsp3) is 0.545. The molecule has 0 bridgehead atoms. The maximum atomic E-state index is 9.02. The van der Waals surface area contributed by atoms with Gasteiger partial charge in [0, 0.05) is 25.8 Å². The van der Waals surface area contributed by atoms with E-state index in [0.717, 1.165) is 24.5 Å². The Morgan fingerprint density at radius 1 is 1.47 bits per heavy atom. The van der Waals surface area contributed by atoms with Gasteiger partial charge in [0.05, 0.1) is 6.10 Å². The van der Waals surface area contributed by atoms with Crippen molar-refractivity contribution in [1.29, 1.82) is 0 Å². The molecule has 1 atom stereocenters. The van der Waals surface area contributed by atoms with Crippen molar-refractivity contribution in [3.63, 3.8) is 0 Å². The molecule has 3 N–H and O–H groups in total. The van der Waals surface area contributed by atoms with Gasteiger partial charge in [0.15, 0.2) is 0 Å². The lowest BCUT2D eigenvalue weighted by Crippen LogP contribution is -2.29. The number of aliphatic hydroxyl groups is 1. The first-order valence-electron chi connectivity index (χ1n) is 5.24. The number of pyridine rings is 1. The zero-order valence-corrected chi connectivity index (χ0v) is 9.33. The number of rotatable bonds is 6. The first-order chi connectivity index (χ1) is 7.20. The fourth-order valence-corrected chi connectivity index (χ4v) is 1.25. The number of hydrogen-bond donors (Lipinski definition) is 3. The van der Waals surface area contributed by atoms with Crippen LogP contribution in [0.4, 0.5) is 5.82 Å². The maximum absolute atomic E-state index is 9.02. The number of nitrogens with one attached hydrogen (secondary N) is 2. The third-order valence-corrected chi connectivity index (χ3v) is 2.04. The summed E-state index contributed by atoms with van der Waals surface area (Å²) in [7, 11) is 0. The lowest BCUT2D eigenvalue weighted by atomic mass is 10.3. The number of aromatic nitrogens is 1. The molecule has 0 aliphatic heterocycles. The van der Waals surface area contributed by atoms with Crippen molar-refractivity contribution in [3.05, 3.63) is 23.9 Å². The number of aliphatic hydroxyl groups excluding tert-OH is 1. The second-order valence-electron chi connectivity index (χ2n) is 3.65. The van der Waals surface area contributed by atoms with Crippen LogP contribution in [0.3, 0.4) is 0 Å². The highest BCUT2D eigenvalue weighted by atomic mass is 16.3. The van der Waals surface area contributed by atoms with Gasteiger partial charge in [-0.25, -0.2) is 4.98 Å². The molecule has 1 rings (SSSR count). The summed E-state index contributed by atoms with van der Waals surface area (Å²) in [6, 6.07) is 3.95. The Morgan fingerprint density at radius 3 is 2.93 bits per heavy atom. The Hall–Kier alpha value is -1.13. The molecular formula is C11H19N3O. The van der Waals surface area contributed by atoms with Gasteiger partial charge in [-0.2, -0.15) is 0 Å². The van der Waals surface area contributed by atoms with Crippen LogP contribution in [0.1, 0.15) is 12.5 Å². The molecule has 0 saturated heterocycles. The van der Waals surface area contributed by atoms with Gasteiger partial charge < -0.3 is 15.7 Å². The van der Waals surface area contributed by atoms with E-state index in [1.54, 1.807) is 13.1 Å². The van der Waals surface area contributed by atoms with Gasteiger partial charge in [0.25, 0.3) is 0 Å². The molecular weight excluding hydrogens is 190 g/mol. The SMILES string of the molecule is Cc1cccnc1NCCNCC(C)O. The van der Waals surface area contributed by atoms with Gasteiger partial charge in [-0.05, 0) is 25.5 Å². The van der Waals surface area contributed by atoms with Crippen molar-refractivity contribution in [3.8, 4) is 0 Å². The predicted octanol–water partition coefficient (Wildman–Crippen LogP) is 0.772. The topological polar surface area (TPSA) is 57.2 Å². The number of hydrogen-bond acceptors (Lipinski definition) is 4. The highest BCUT2D eigenvalue weighted by Gasteiger charge is 1.97. The molecule has 1 heterocycles. The predicted molar refractivity (Wildman–Crippen MR) is 62.0 cm³/mol. The molecule has 0 radical (unpaired) electrons. The van der Waals surface area contributed by atoms with Crippen molar-refractivity contribution >= 4 is 5.82 Å². The third-order valence-electron chi connectivity index (χ3n) is 2.04. The van der Waals surface area contributed by atoms with Crippen LogP contribution in [0.5, 0.6) is 0 Å². The summed E-state index contributed by atoms with van der Waals surface area (Å²) in [6.07, 6.45) is 1.49. The van der Waals surface area contributed by atoms with Gasteiger partial charge in [-0.1, -0.05) is 6.07 Å². The number of anilines is 1. The summed E-state index contributed by atoms with van der Waals surface area (Å²) < 4.78 is 0. The molecule has 84 valence electrons. The van der Waals surface area contributed by atoms with Gasteiger partial charge in [0.1, 0.15) is 5.82 Å². The maximum Gasteiger partial charge on any atom is 0.128 e. The molecule has 1 unspecified atom stereocenters. The largest absolute Gasteiger partial charge is 0.392 e. The normalized spacial score (nSPS) is 12.5. The number of aryl methyl sites for hydroxylation is 1. The zero-order chi connectivity index (χ0) is 11.1. The highest BCUT2D eigenvalue weighted by molar-refractivity contribution is 5.42. The van der Waals surface area contributed by atoms with E-state index in [4.69, 9.17) is 5.11 Å². The van der Waals surface area contributed by atoms with Crippen LogP contribution >= 0.6 is 0 Å². The highest BCUT2D eigenvalue weighted by Crippen LogP contribution is 2.07. The minimum absolute atomic E-state index is 0.290.